The molecule has 1 unspecified atom stereocenters. The predicted molar refractivity (Wildman–Crippen MR) is 98.0 cm³/mol. The van der Waals surface area contributed by atoms with Crippen LogP contribution in [0.25, 0.3) is 0 Å². The lowest BCUT2D eigenvalue weighted by Gasteiger charge is -2.21. The minimum Gasteiger partial charge on any atom is -0.481 e. The van der Waals surface area contributed by atoms with Crippen LogP contribution < -0.4 is 10.6 Å². The quantitative estimate of drug-likeness (QED) is 0.296. The first kappa shape index (κ1) is 24.4. The van der Waals surface area contributed by atoms with E-state index in [2.05, 4.69) is 10.6 Å². The molecule has 0 saturated carbocycles. The van der Waals surface area contributed by atoms with Crippen molar-refractivity contribution in [2.75, 3.05) is 6.61 Å². The zero-order valence-corrected chi connectivity index (χ0v) is 16.5. The van der Waals surface area contributed by atoms with E-state index < -0.39 is 35.7 Å². The third-order valence-corrected chi connectivity index (χ3v) is 3.11. The van der Waals surface area contributed by atoms with Gasteiger partial charge in [0, 0.05) is 6.04 Å². The molecule has 0 rings (SSSR count). The molecule has 0 heterocycles. The van der Waals surface area contributed by atoms with Gasteiger partial charge in [-0.1, -0.05) is 6.08 Å². The van der Waals surface area contributed by atoms with Gasteiger partial charge >= 0.3 is 18.0 Å². The monoisotopic (exact) mass is 386 g/mol. The van der Waals surface area contributed by atoms with Gasteiger partial charge < -0.3 is 25.2 Å². The standard InChI is InChI=1S/C18H30N2O7/c1-6-8-14(21)20-13(11-15(22)23)9-7-10-26-16(24)12(2)19-17(25)27-18(3,4)5/h6,8,12-13H,7,9-11H2,1-5H3,(H,19,25)(H,20,21)(H,22,23)/b8-6+/t12-,13?/m0/s1. The van der Waals surface area contributed by atoms with Gasteiger partial charge in [-0.15, -0.1) is 0 Å². The molecular formula is C18H30N2O7. The molecule has 0 aromatic carbocycles. The zero-order valence-electron chi connectivity index (χ0n) is 16.5. The van der Waals surface area contributed by atoms with Crippen LogP contribution in [0.4, 0.5) is 4.79 Å². The molecule has 0 aromatic rings. The minimum absolute atomic E-state index is 0.0365. The number of alkyl carbamates (subject to hydrolysis) is 1. The molecule has 27 heavy (non-hydrogen) atoms. The number of aliphatic carboxylic acids is 1. The average molecular weight is 386 g/mol. The van der Waals surface area contributed by atoms with E-state index in [1.807, 2.05) is 0 Å². The molecule has 0 aliphatic heterocycles. The molecule has 154 valence electrons. The summed E-state index contributed by atoms with van der Waals surface area (Å²) in [6, 6.07) is -1.45. The van der Waals surface area contributed by atoms with Crippen LogP contribution in [0.3, 0.4) is 0 Å². The summed E-state index contributed by atoms with van der Waals surface area (Å²) in [7, 11) is 0. The highest BCUT2D eigenvalue weighted by Crippen LogP contribution is 2.07. The van der Waals surface area contributed by atoms with Crippen LogP contribution in [-0.4, -0.2) is 53.3 Å². The maximum atomic E-state index is 11.9. The fraction of sp³-hybridized carbons (Fsp3) is 0.667. The average Bonchev–Trinajstić information content (AvgIpc) is 2.48. The van der Waals surface area contributed by atoms with Gasteiger partial charge in [-0.2, -0.15) is 0 Å². The molecule has 0 saturated heterocycles. The predicted octanol–water partition coefficient (Wildman–Crippen LogP) is 1.76. The van der Waals surface area contributed by atoms with Crippen molar-refractivity contribution in [2.45, 2.75) is 71.6 Å². The van der Waals surface area contributed by atoms with Crippen LogP contribution in [-0.2, 0) is 23.9 Å². The Morgan fingerprint density at radius 3 is 2.30 bits per heavy atom. The van der Waals surface area contributed by atoms with E-state index in [0.717, 1.165) is 0 Å². The van der Waals surface area contributed by atoms with E-state index in [0.29, 0.717) is 12.8 Å². The van der Waals surface area contributed by atoms with Gasteiger partial charge in [0.25, 0.3) is 0 Å². The van der Waals surface area contributed by atoms with Crippen molar-refractivity contribution in [3.63, 3.8) is 0 Å². The van der Waals surface area contributed by atoms with Crippen molar-refractivity contribution in [1.82, 2.24) is 10.6 Å². The van der Waals surface area contributed by atoms with Crippen molar-refractivity contribution in [3.05, 3.63) is 12.2 Å². The molecule has 0 aromatic heterocycles. The van der Waals surface area contributed by atoms with Crippen LogP contribution in [0.15, 0.2) is 12.2 Å². The van der Waals surface area contributed by atoms with E-state index in [1.165, 1.54) is 13.0 Å². The highest BCUT2D eigenvalue weighted by atomic mass is 16.6. The Morgan fingerprint density at radius 2 is 1.78 bits per heavy atom. The van der Waals surface area contributed by atoms with Crippen LogP contribution in [0.2, 0.25) is 0 Å². The second-order valence-electron chi connectivity index (χ2n) is 6.98. The first-order valence-electron chi connectivity index (χ1n) is 8.75. The Kier molecular flexibility index (Phi) is 10.8. The molecule has 0 spiro atoms. The zero-order chi connectivity index (χ0) is 21.0. The topological polar surface area (TPSA) is 131 Å². The first-order valence-corrected chi connectivity index (χ1v) is 8.75. The third-order valence-electron chi connectivity index (χ3n) is 3.11. The minimum atomic E-state index is -1.03. The van der Waals surface area contributed by atoms with Crippen molar-refractivity contribution >= 4 is 23.9 Å². The molecule has 0 radical (unpaired) electrons. The van der Waals surface area contributed by atoms with E-state index in [1.54, 1.807) is 33.8 Å². The van der Waals surface area contributed by atoms with Gasteiger partial charge in [-0.05, 0) is 53.5 Å². The van der Waals surface area contributed by atoms with Crippen LogP contribution >= 0.6 is 0 Å². The molecule has 9 nitrogen and oxygen atoms in total. The van der Waals surface area contributed by atoms with E-state index in [9.17, 15) is 19.2 Å². The summed E-state index contributed by atoms with van der Waals surface area (Å²) < 4.78 is 10.1. The Morgan fingerprint density at radius 1 is 1.15 bits per heavy atom. The molecule has 0 aliphatic rings. The van der Waals surface area contributed by atoms with E-state index in [-0.39, 0.29) is 18.9 Å². The number of allylic oxidation sites excluding steroid dienone is 1. The number of rotatable bonds is 10. The summed E-state index contributed by atoms with van der Waals surface area (Å²) >= 11 is 0. The van der Waals surface area contributed by atoms with Crippen molar-refractivity contribution in [2.24, 2.45) is 0 Å². The molecule has 9 heteroatoms. The van der Waals surface area contributed by atoms with Gasteiger partial charge in [-0.25, -0.2) is 9.59 Å². The van der Waals surface area contributed by atoms with Gasteiger partial charge in [0.15, 0.2) is 0 Å². The van der Waals surface area contributed by atoms with Crippen LogP contribution in [0, 0.1) is 0 Å². The second kappa shape index (κ2) is 11.9. The van der Waals surface area contributed by atoms with Crippen molar-refractivity contribution < 1.29 is 33.8 Å². The number of carboxylic acid groups (broad SMARTS) is 1. The van der Waals surface area contributed by atoms with E-state index in [4.69, 9.17) is 14.6 Å². The lowest BCUT2D eigenvalue weighted by Crippen LogP contribution is -2.42. The van der Waals surface area contributed by atoms with Crippen LogP contribution in [0.1, 0.15) is 53.9 Å². The third kappa shape index (κ3) is 13.3. The lowest BCUT2D eigenvalue weighted by atomic mass is 10.1. The number of carbonyl (C=O) groups is 4. The highest BCUT2D eigenvalue weighted by molar-refractivity contribution is 5.88. The summed E-state index contributed by atoms with van der Waals surface area (Å²) in [6.45, 7) is 8.30. The molecule has 3 N–H and O–H groups in total. The Hall–Kier alpha value is -2.58. The SMILES string of the molecule is C/C=C/C(=O)NC(CCCOC(=O)[C@H](C)NC(=O)OC(C)(C)C)CC(=O)O. The van der Waals surface area contributed by atoms with Gasteiger partial charge in [-0.3, -0.25) is 9.59 Å². The fourth-order valence-corrected chi connectivity index (χ4v) is 2.01. The highest BCUT2D eigenvalue weighted by Gasteiger charge is 2.22. The maximum Gasteiger partial charge on any atom is 0.408 e. The number of ether oxygens (including phenoxy) is 2. The Balaban J connectivity index is 4.29. The van der Waals surface area contributed by atoms with Gasteiger partial charge in [0.1, 0.15) is 11.6 Å². The van der Waals surface area contributed by atoms with Crippen molar-refractivity contribution in [1.29, 1.82) is 0 Å². The Labute approximate surface area is 159 Å². The number of hydrogen-bond donors (Lipinski definition) is 3. The summed E-state index contributed by atoms with van der Waals surface area (Å²) in [5.74, 6) is -2.04. The number of nitrogens with one attached hydrogen (secondary N) is 2. The summed E-state index contributed by atoms with van der Waals surface area (Å²) in [6.07, 6.45) is 2.59. The normalized spacial score (nSPS) is 13.5. The van der Waals surface area contributed by atoms with Crippen LogP contribution in [0.5, 0.6) is 0 Å². The fourth-order valence-electron chi connectivity index (χ4n) is 2.01. The maximum absolute atomic E-state index is 11.9. The molecule has 2 atom stereocenters. The molecule has 0 aliphatic carbocycles. The number of carbonyl (C=O) groups excluding carboxylic acids is 3. The van der Waals surface area contributed by atoms with Gasteiger partial charge in [0.05, 0.1) is 13.0 Å². The van der Waals surface area contributed by atoms with E-state index >= 15 is 0 Å². The number of carboxylic acids is 1. The summed E-state index contributed by atoms with van der Waals surface area (Å²) in [5.41, 5.74) is -0.676. The number of esters is 1. The van der Waals surface area contributed by atoms with Gasteiger partial charge in [0.2, 0.25) is 5.91 Å². The molecular weight excluding hydrogens is 356 g/mol. The lowest BCUT2D eigenvalue weighted by molar-refractivity contribution is -0.146. The Bertz CT molecular complexity index is 552. The summed E-state index contributed by atoms with van der Waals surface area (Å²) in [4.78, 5) is 45.9. The summed E-state index contributed by atoms with van der Waals surface area (Å²) in [5, 5.41) is 13.9. The number of hydrogen-bond acceptors (Lipinski definition) is 6. The molecule has 0 bridgehead atoms. The number of amides is 2. The van der Waals surface area contributed by atoms with Crippen molar-refractivity contribution in [3.8, 4) is 0 Å². The molecule has 2 amide bonds. The smallest absolute Gasteiger partial charge is 0.408 e. The molecule has 0 fully saturated rings. The largest absolute Gasteiger partial charge is 0.481 e. The second-order valence-corrected chi connectivity index (χ2v) is 6.98. The first-order chi connectivity index (χ1) is 12.4.